The Balaban J connectivity index is 1.41. The molecule has 4 rings (SSSR count). The third-order valence-electron chi connectivity index (χ3n) is 4.21. The Morgan fingerprint density at radius 1 is 0.967 bits per heavy atom. The van der Waals surface area contributed by atoms with E-state index in [9.17, 15) is 13.2 Å². The van der Waals surface area contributed by atoms with E-state index in [2.05, 4.69) is 25.5 Å². The number of ether oxygens (including phenoxy) is 1. The molecule has 0 aliphatic heterocycles. The Morgan fingerprint density at radius 3 is 2.47 bits per heavy atom. The van der Waals surface area contributed by atoms with Gasteiger partial charge in [0.25, 0.3) is 0 Å². The Labute approximate surface area is 169 Å². The van der Waals surface area contributed by atoms with Crippen molar-refractivity contribution in [1.82, 2.24) is 20.2 Å². The minimum atomic E-state index is -4.41. The van der Waals surface area contributed by atoms with Crippen LogP contribution in [0, 0.1) is 0 Å². The summed E-state index contributed by atoms with van der Waals surface area (Å²) in [6.07, 6.45) is -1.00. The lowest BCUT2D eigenvalue weighted by molar-refractivity contribution is -0.137. The maximum absolute atomic E-state index is 12.8. The van der Waals surface area contributed by atoms with Gasteiger partial charge in [-0.1, -0.05) is 6.07 Å². The van der Waals surface area contributed by atoms with E-state index in [-0.39, 0.29) is 11.6 Å². The number of rotatable bonds is 6. The van der Waals surface area contributed by atoms with Gasteiger partial charge in [0.15, 0.2) is 5.82 Å². The standard InChI is InChI=1S/C21H16F3N5O/c22-21(23,24)16-2-1-3-17(12-16)26-20-27-19(28-29-20)15-4-6-18(7-5-15)30-13-14-8-10-25-11-9-14/h1-12H,13H2,(H2,26,27,28,29). The molecule has 0 spiro atoms. The molecule has 0 fully saturated rings. The summed E-state index contributed by atoms with van der Waals surface area (Å²) < 4.78 is 44.2. The predicted octanol–water partition coefficient (Wildman–Crippen LogP) is 5.21. The summed E-state index contributed by atoms with van der Waals surface area (Å²) in [5.41, 5.74) is 1.27. The van der Waals surface area contributed by atoms with Gasteiger partial charge in [0.05, 0.1) is 5.56 Å². The molecule has 0 atom stereocenters. The number of nitrogens with zero attached hydrogens (tertiary/aromatic N) is 3. The number of benzene rings is 2. The monoisotopic (exact) mass is 411 g/mol. The quantitative estimate of drug-likeness (QED) is 0.456. The molecule has 0 aliphatic rings. The number of alkyl halides is 3. The van der Waals surface area contributed by atoms with Crippen molar-refractivity contribution in [3.63, 3.8) is 0 Å². The zero-order valence-corrected chi connectivity index (χ0v) is 15.5. The van der Waals surface area contributed by atoms with Crippen LogP contribution in [-0.2, 0) is 12.8 Å². The van der Waals surface area contributed by atoms with E-state index >= 15 is 0 Å². The number of pyridine rings is 1. The van der Waals surface area contributed by atoms with Crippen LogP contribution in [0.1, 0.15) is 11.1 Å². The lowest BCUT2D eigenvalue weighted by Gasteiger charge is -2.08. The van der Waals surface area contributed by atoms with Crippen LogP contribution in [0.25, 0.3) is 11.4 Å². The van der Waals surface area contributed by atoms with Crippen LogP contribution in [-0.4, -0.2) is 20.2 Å². The summed E-state index contributed by atoms with van der Waals surface area (Å²) in [7, 11) is 0. The molecule has 152 valence electrons. The second-order valence-electron chi connectivity index (χ2n) is 6.38. The lowest BCUT2D eigenvalue weighted by atomic mass is 10.2. The van der Waals surface area contributed by atoms with Crippen molar-refractivity contribution in [2.45, 2.75) is 12.8 Å². The van der Waals surface area contributed by atoms with Gasteiger partial charge in [-0.05, 0) is 60.2 Å². The number of H-pyrrole nitrogens is 1. The molecule has 0 aliphatic carbocycles. The van der Waals surface area contributed by atoms with Crippen LogP contribution in [0.5, 0.6) is 5.75 Å². The van der Waals surface area contributed by atoms with Gasteiger partial charge in [-0.15, -0.1) is 5.10 Å². The summed E-state index contributed by atoms with van der Waals surface area (Å²) >= 11 is 0. The van der Waals surface area contributed by atoms with Crippen molar-refractivity contribution in [3.8, 4) is 17.1 Å². The first-order valence-corrected chi connectivity index (χ1v) is 8.96. The second kappa shape index (κ2) is 8.24. The van der Waals surface area contributed by atoms with Crippen molar-refractivity contribution in [3.05, 3.63) is 84.2 Å². The van der Waals surface area contributed by atoms with Crippen molar-refractivity contribution in [2.24, 2.45) is 0 Å². The molecule has 4 aromatic rings. The molecule has 0 unspecified atom stereocenters. The smallest absolute Gasteiger partial charge is 0.416 e. The van der Waals surface area contributed by atoms with E-state index in [4.69, 9.17) is 4.74 Å². The number of hydrogen-bond acceptors (Lipinski definition) is 5. The summed E-state index contributed by atoms with van der Waals surface area (Å²) in [4.78, 5) is 8.25. The highest BCUT2D eigenvalue weighted by atomic mass is 19.4. The van der Waals surface area contributed by atoms with Crippen LogP contribution in [0.4, 0.5) is 24.8 Å². The molecule has 0 radical (unpaired) electrons. The van der Waals surface area contributed by atoms with Gasteiger partial charge in [-0.2, -0.15) is 18.2 Å². The lowest BCUT2D eigenvalue weighted by Crippen LogP contribution is -2.05. The van der Waals surface area contributed by atoms with Crippen molar-refractivity contribution in [1.29, 1.82) is 0 Å². The van der Waals surface area contributed by atoms with Crippen LogP contribution in [0.2, 0.25) is 0 Å². The minimum Gasteiger partial charge on any atom is -0.489 e. The zero-order valence-electron chi connectivity index (χ0n) is 15.5. The molecule has 0 saturated carbocycles. The van der Waals surface area contributed by atoms with Gasteiger partial charge in [0, 0.05) is 23.6 Å². The average Bonchev–Trinajstić information content (AvgIpc) is 3.21. The second-order valence-corrected chi connectivity index (χ2v) is 6.38. The fraction of sp³-hybridized carbons (Fsp3) is 0.0952. The fourth-order valence-electron chi connectivity index (χ4n) is 2.70. The minimum absolute atomic E-state index is 0.169. The summed E-state index contributed by atoms with van der Waals surface area (Å²) in [5, 5.41) is 9.56. The van der Waals surface area contributed by atoms with Gasteiger partial charge in [-0.3, -0.25) is 10.1 Å². The maximum atomic E-state index is 12.8. The first-order valence-electron chi connectivity index (χ1n) is 8.96. The average molecular weight is 411 g/mol. The zero-order chi connectivity index (χ0) is 21.0. The van der Waals surface area contributed by atoms with E-state index in [1.165, 1.54) is 12.1 Å². The largest absolute Gasteiger partial charge is 0.489 e. The molecule has 0 bridgehead atoms. The molecular formula is C21H16F3N5O. The predicted molar refractivity (Wildman–Crippen MR) is 105 cm³/mol. The van der Waals surface area contributed by atoms with Crippen LogP contribution < -0.4 is 10.1 Å². The topological polar surface area (TPSA) is 75.7 Å². The maximum Gasteiger partial charge on any atom is 0.416 e. The molecular weight excluding hydrogens is 395 g/mol. The van der Waals surface area contributed by atoms with Crippen LogP contribution in [0.3, 0.4) is 0 Å². The molecule has 2 aromatic heterocycles. The van der Waals surface area contributed by atoms with Gasteiger partial charge < -0.3 is 10.1 Å². The highest BCUT2D eigenvalue weighted by molar-refractivity contribution is 5.60. The Kier molecular flexibility index (Phi) is 5.34. The van der Waals surface area contributed by atoms with Crippen molar-refractivity contribution < 1.29 is 17.9 Å². The molecule has 2 N–H and O–H groups in total. The van der Waals surface area contributed by atoms with Gasteiger partial charge in [-0.25, -0.2) is 0 Å². The number of aromatic amines is 1. The molecule has 30 heavy (non-hydrogen) atoms. The van der Waals surface area contributed by atoms with Gasteiger partial charge in [0.2, 0.25) is 5.95 Å². The fourth-order valence-corrected chi connectivity index (χ4v) is 2.70. The Morgan fingerprint density at radius 2 is 1.73 bits per heavy atom. The van der Waals surface area contributed by atoms with Gasteiger partial charge in [0.1, 0.15) is 12.4 Å². The van der Waals surface area contributed by atoms with Crippen molar-refractivity contribution >= 4 is 11.6 Å². The number of nitrogens with one attached hydrogen (secondary N) is 2. The van der Waals surface area contributed by atoms with E-state index in [0.29, 0.717) is 18.2 Å². The SMILES string of the molecule is FC(F)(F)c1cccc(Nc2n[nH]c(-c3ccc(OCc4ccncc4)cc3)n2)c1. The van der Waals surface area contributed by atoms with Crippen LogP contribution >= 0.6 is 0 Å². The number of aromatic nitrogens is 4. The number of hydrogen-bond donors (Lipinski definition) is 2. The van der Waals surface area contributed by atoms with Crippen molar-refractivity contribution in [2.75, 3.05) is 5.32 Å². The van der Waals surface area contributed by atoms with E-state index in [0.717, 1.165) is 23.3 Å². The summed E-state index contributed by atoms with van der Waals surface area (Å²) in [5.74, 6) is 1.34. The van der Waals surface area contributed by atoms with E-state index < -0.39 is 11.7 Å². The van der Waals surface area contributed by atoms with E-state index in [1.807, 2.05) is 24.3 Å². The first-order chi connectivity index (χ1) is 14.5. The molecule has 0 amide bonds. The highest BCUT2D eigenvalue weighted by Gasteiger charge is 2.30. The molecule has 2 aromatic carbocycles. The van der Waals surface area contributed by atoms with Gasteiger partial charge >= 0.3 is 6.18 Å². The molecule has 9 heteroatoms. The summed E-state index contributed by atoms with van der Waals surface area (Å²) in [6.45, 7) is 0.426. The molecule has 6 nitrogen and oxygen atoms in total. The molecule has 2 heterocycles. The van der Waals surface area contributed by atoms with Crippen LogP contribution in [0.15, 0.2) is 73.1 Å². The third kappa shape index (κ3) is 4.75. The van der Waals surface area contributed by atoms with E-state index in [1.54, 1.807) is 24.5 Å². The number of anilines is 2. The Bertz CT molecular complexity index is 1110. The molecule has 0 saturated heterocycles. The summed E-state index contributed by atoms with van der Waals surface area (Å²) in [6, 6.07) is 15.8. The first kappa shape index (κ1) is 19.4. The highest BCUT2D eigenvalue weighted by Crippen LogP contribution is 2.31. The number of halogens is 3. The Hall–Kier alpha value is -3.88. The normalized spacial score (nSPS) is 11.3. The third-order valence-corrected chi connectivity index (χ3v) is 4.21.